The van der Waals surface area contributed by atoms with E-state index in [4.69, 9.17) is 4.52 Å². The molecule has 0 amide bonds. The quantitative estimate of drug-likeness (QED) is 0.784. The molecule has 0 fully saturated rings. The molecule has 0 radical (unpaired) electrons. The summed E-state index contributed by atoms with van der Waals surface area (Å²) in [5.41, 5.74) is 0. The summed E-state index contributed by atoms with van der Waals surface area (Å²) in [6.45, 7) is 6.49. The topological polar surface area (TPSA) is 51.0 Å². The first-order valence-electron chi connectivity index (χ1n) is 5.67. The monoisotopic (exact) mass is 211 g/mol. The fraction of sp³-hybridized carbons (Fsp3) is 0.818. The fourth-order valence-electron chi connectivity index (χ4n) is 1.43. The van der Waals surface area contributed by atoms with Gasteiger partial charge < -0.3 is 9.84 Å². The Kier molecular flexibility index (Phi) is 4.75. The van der Waals surface area contributed by atoms with Gasteiger partial charge in [0, 0.05) is 6.42 Å². The van der Waals surface area contributed by atoms with E-state index in [-0.39, 0.29) is 6.04 Å². The summed E-state index contributed by atoms with van der Waals surface area (Å²) in [6, 6.07) is 0.185. The predicted molar refractivity (Wildman–Crippen MR) is 59.5 cm³/mol. The van der Waals surface area contributed by atoms with Crippen molar-refractivity contribution in [2.24, 2.45) is 5.92 Å². The van der Waals surface area contributed by atoms with Gasteiger partial charge in [-0.05, 0) is 25.8 Å². The minimum absolute atomic E-state index is 0.185. The molecule has 1 atom stereocenters. The van der Waals surface area contributed by atoms with Crippen LogP contribution in [0.5, 0.6) is 0 Å². The summed E-state index contributed by atoms with van der Waals surface area (Å²) < 4.78 is 5.22. The van der Waals surface area contributed by atoms with E-state index in [0.29, 0.717) is 11.8 Å². The Morgan fingerprint density at radius 1 is 1.40 bits per heavy atom. The molecule has 1 unspecified atom stereocenters. The Bertz CT molecular complexity index is 279. The maximum atomic E-state index is 5.22. The standard InChI is InChI=1S/C11H21N3O/c1-5-9(12-4)11-13-10(14-15-11)7-6-8(2)3/h8-9,12H,5-7H2,1-4H3. The van der Waals surface area contributed by atoms with Crippen molar-refractivity contribution in [1.29, 1.82) is 0 Å². The van der Waals surface area contributed by atoms with Gasteiger partial charge in [0.25, 0.3) is 0 Å². The molecule has 0 aliphatic carbocycles. The van der Waals surface area contributed by atoms with Crippen molar-refractivity contribution in [2.45, 2.75) is 46.1 Å². The normalized spacial score (nSPS) is 13.4. The third-order valence-corrected chi connectivity index (χ3v) is 2.48. The zero-order chi connectivity index (χ0) is 11.3. The lowest BCUT2D eigenvalue weighted by Gasteiger charge is -2.06. The zero-order valence-corrected chi connectivity index (χ0v) is 10.1. The maximum absolute atomic E-state index is 5.22. The van der Waals surface area contributed by atoms with E-state index in [1.807, 2.05) is 7.05 Å². The number of rotatable bonds is 6. The minimum Gasteiger partial charge on any atom is -0.338 e. The van der Waals surface area contributed by atoms with Gasteiger partial charge in [-0.25, -0.2) is 0 Å². The number of nitrogens with zero attached hydrogens (tertiary/aromatic N) is 2. The molecule has 4 nitrogen and oxygen atoms in total. The lowest BCUT2D eigenvalue weighted by Crippen LogP contribution is -2.15. The highest BCUT2D eigenvalue weighted by Gasteiger charge is 2.14. The molecule has 0 saturated carbocycles. The van der Waals surface area contributed by atoms with Crippen molar-refractivity contribution in [3.63, 3.8) is 0 Å². The molecule has 0 aliphatic rings. The average Bonchev–Trinajstić information content (AvgIpc) is 2.65. The van der Waals surface area contributed by atoms with E-state index >= 15 is 0 Å². The highest BCUT2D eigenvalue weighted by molar-refractivity contribution is 4.92. The van der Waals surface area contributed by atoms with Crippen molar-refractivity contribution in [2.75, 3.05) is 7.05 Å². The number of aryl methyl sites for hydroxylation is 1. The summed E-state index contributed by atoms with van der Waals surface area (Å²) in [7, 11) is 1.91. The smallest absolute Gasteiger partial charge is 0.243 e. The molecule has 15 heavy (non-hydrogen) atoms. The van der Waals surface area contributed by atoms with Crippen LogP contribution in [0, 0.1) is 5.92 Å². The van der Waals surface area contributed by atoms with E-state index in [0.717, 1.165) is 25.1 Å². The molecule has 0 bridgehead atoms. The summed E-state index contributed by atoms with van der Waals surface area (Å²) in [4.78, 5) is 4.38. The van der Waals surface area contributed by atoms with Crippen LogP contribution >= 0.6 is 0 Å². The molecule has 86 valence electrons. The number of hydrogen-bond donors (Lipinski definition) is 1. The summed E-state index contributed by atoms with van der Waals surface area (Å²) in [5.74, 6) is 2.21. The van der Waals surface area contributed by atoms with Crippen molar-refractivity contribution in [3.8, 4) is 0 Å². The van der Waals surface area contributed by atoms with E-state index in [1.165, 1.54) is 0 Å². The molecule has 4 heteroatoms. The van der Waals surface area contributed by atoms with E-state index in [2.05, 4.69) is 36.2 Å². The largest absolute Gasteiger partial charge is 0.338 e. The van der Waals surface area contributed by atoms with E-state index in [1.54, 1.807) is 0 Å². The molecular formula is C11H21N3O. The molecule has 1 rings (SSSR count). The van der Waals surface area contributed by atoms with Crippen LogP contribution in [0.4, 0.5) is 0 Å². The van der Waals surface area contributed by atoms with E-state index in [9.17, 15) is 0 Å². The van der Waals surface area contributed by atoms with Crippen LogP contribution in [-0.4, -0.2) is 17.2 Å². The maximum Gasteiger partial charge on any atom is 0.243 e. The van der Waals surface area contributed by atoms with Gasteiger partial charge in [0.05, 0.1) is 6.04 Å². The molecule has 1 heterocycles. The Morgan fingerprint density at radius 3 is 2.67 bits per heavy atom. The Hall–Kier alpha value is -0.900. The van der Waals surface area contributed by atoms with Gasteiger partial charge in [-0.15, -0.1) is 0 Å². The van der Waals surface area contributed by atoms with Crippen LogP contribution in [-0.2, 0) is 6.42 Å². The van der Waals surface area contributed by atoms with Gasteiger partial charge in [-0.3, -0.25) is 0 Å². The summed E-state index contributed by atoms with van der Waals surface area (Å²) in [5, 5.41) is 7.13. The third kappa shape index (κ3) is 3.63. The van der Waals surface area contributed by atoms with Crippen LogP contribution < -0.4 is 5.32 Å². The van der Waals surface area contributed by atoms with Gasteiger partial charge in [0.1, 0.15) is 0 Å². The van der Waals surface area contributed by atoms with E-state index < -0.39 is 0 Å². The first-order valence-corrected chi connectivity index (χ1v) is 5.67. The SMILES string of the molecule is CCC(NC)c1nc(CCC(C)C)no1. The third-order valence-electron chi connectivity index (χ3n) is 2.48. The van der Waals surface area contributed by atoms with Gasteiger partial charge in [0.2, 0.25) is 5.89 Å². The fourth-order valence-corrected chi connectivity index (χ4v) is 1.43. The number of nitrogens with one attached hydrogen (secondary N) is 1. The van der Waals surface area contributed by atoms with Gasteiger partial charge in [-0.1, -0.05) is 25.9 Å². The van der Waals surface area contributed by atoms with Crippen molar-refractivity contribution in [3.05, 3.63) is 11.7 Å². The number of hydrogen-bond acceptors (Lipinski definition) is 4. The summed E-state index contributed by atoms with van der Waals surface area (Å²) in [6.07, 6.45) is 2.97. The zero-order valence-electron chi connectivity index (χ0n) is 10.1. The molecule has 0 aliphatic heterocycles. The van der Waals surface area contributed by atoms with Gasteiger partial charge in [-0.2, -0.15) is 4.98 Å². The van der Waals surface area contributed by atoms with Crippen LogP contribution in [0.15, 0.2) is 4.52 Å². The Morgan fingerprint density at radius 2 is 2.13 bits per heavy atom. The lowest BCUT2D eigenvalue weighted by atomic mass is 10.1. The van der Waals surface area contributed by atoms with Gasteiger partial charge >= 0.3 is 0 Å². The molecule has 1 aromatic rings. The second-order valence-corrected chi connectivity index (χ2v) is 4.23. The van der Waals surface area contributed by atoms with Crippen LogP contribution in [0.25, 0.3) is 0 Å². The summed E-state index contributed by atoms with van der Waals surface area (Å²) >= 11 is 0. The van der Waals surface area contributed by atoms with Crippen molar-refractivity contribution in [1.82, 2.24) is 15.5 Å². The first-order chi connectivity index (χ1) is 7.17. The second kappa shape index (κ2) is 5.85. The van der Waals surface area contributed by atoms with Gasteiger partial charge in [0.15, 0.2) is 5.82 Å². The number of aromatic nitrogens is 2. The Labute approximate surface area is 91.5 Å². The molecule has 0 spiro atoms. The molecular weight excluding hydrogens is 190 g/mol. The Balaban J connectivity index is 2.55. The average molecular weight is 211 g/mol. The minimum atomic E-state index is 0.185. The molecule has 1 N–H and O–H groups in total. The first kappa shape index (κ1) is 12.2. The highest BCUT2D eigenvalue weighted by atomic mass is 16.5. The molecule has 1 aromatic heterocycles. The second-order valence-electron chi connectivity index (χ2n) is 4.23. The molecule has 0 aromatic carbocycles. The molecule has 0 saturated heterocycles. The van der Waals surface area contributed by atoms with Crippen LogP contribution in [0.2, 0.25) is 0 Å². The highest BCUT2D eigenvalue weighted by Crippen LogP contribution is 2.14. The van der Waals surface area contributed by atoms with Crippen molar-refractivity contribution < 1.29 is 4.52 Å². The predicted octanol–water partition coefficient (Wildman–Crippen LogP) is 2.33. The van der Waals surface area contributed by atoms with Crippen LogP contribution in [0.1, 0.15) is 51.4 Å². The van der Waals surface area contributed by atoms with Crippen LogP contribution in [0.3, 0.4) is 0 Å². The van der Waals surface area contributed by atoms with Crippen molar-refractivity contribution >= 4 is 0 Å². The lowest BCUT2D eigenvalue weighted by molar-refractivity contribution is 0.330.